The molecule has 0 N–H and O–H groups in total. The minimum atomic E-state index is -1.24. The minimum absolute atomic E-state index is 0.0297. The molecule has 0 fully saturated rings. The number of hydrogen-bond donors (Lipinski definition) is 0. The molecule has 312 valence electrons. The first kappa shape index (κ1) is 22.9. The van der Waals surface area contributed by atoms with Gasteiger partial charge in [-0.2, -0.15) is 0 Å². The van der Waals surface area contributed by atoms with Crippen LogP contribution in [0.5, 0.6) is 0 Å². The molecule has 0 saturated heterocycles. The van der Waals surface area contributed by atoms with Gasteiger partial charge in [0.2, 0.25) is 0 Å². The second kappa shape index (κ2) is 14.8. The van der Waals surface area contributed by atoms with E-state index in [0.717, 1.165) is 4.90 Å². The normalized spacial score (nSPS) is 18.7. The first-order chi connectivity index (χ1) is 38.5. The summed E-state index contributed by atoms with van der Waals surface area (Å²) in [6, 6.07) is -8.81. The van der Waals surface area contributed by atoms with Crippen LogP contribution in [0.4, 0.5) is 51.2 Å². The molecule has 0 aliphatic carbocycles. The second-order valence-corrected chi connectivity index (χ2v) is 20.0. The summed E-state index contributed by atoms with van der Waals surface area (Å²) in [6.45, 7) is 20.1. The van der Waals surface area contributed by atoms with Crippen LogP contribution < -0.4 is 31.1 Å². The Morgan fingerprint density at radius 3 is 1.05 bits per heavy atom. The Morgan fingerprint density at radius 2 is 0.710 bits per heavy atom. The van der Waals surface area contributed by atoms with Crippen LogP contribution in [0, 0.1) is 0 Å². The number of para-hydroxylation sites is 2. The zero-order valence-corrected chi connectivity index (χ0v) is 37.2. The summed E-state index contributed by atoms with van der Waals surface area (Å²) in [5, 5.41) is 0. The van der Waals surface area contributed by atoms with E-state index in [9.17, 15) is 21.9 Å². The van der Waals surface area contributed by atoms with E-state index in [1.807, 2.05) is 41.5 Å². The quantitative estimate of drug-likeness (QED) is 0.160. The van der Waals surface area contributed by atoms with E-state index in [4.69, 9.17) is 8.22 Å². The molecule has 9 rings (SSSR count). The summed E-state index contributed by atoms with van der Waals surface area (Å²) in [7, 11) is 0. The zero-order chi connectivity index (χ0) is 63.1. The average molecular weight is 834 g/mol. The molecular weight excluding hydrogens is 749 g/mol. The second-order valence-electron chi connectivity index (χ2n) is 20.0. The van der Waals surface area contributed by atoms with Crippen LogP contribution in [-0.4, -0.2) is 6.71 Å². The highest BCUT2D eigenvalue weighted by Crippen LogP contribution is 2.49. The molecule has 2 aliphatic heterocycles. The third kappa shape index (κ3) is 7.32. The van der Waals surface area contributed by atoms with Gasteiger partial charge in [-0.15, -0.1) is 0 Å². The molecule has 0 unspecified atom stereocenters. The minimum Gasteiger partial charge on any atom is -0.311 e. The van der Waals surface area contributed by atoms with E-state index in [2.05, 4.69) is 0 Å². The molecule has 0 bridgehead atoms. The van der Waals surface area contributed by atoms with Crippen LogP contribution >= 0.6 is 0 Å². The standard InChI is InChI=1S/C58H62BN3/c1-55(2,3)39-23-29-45(30-24-39)61-50-33-27-41(57(7,8)9)35-48(50)59-49-36-42(58(10,11)12)28-34-51(49)62(46-31-25-40(26-32-46)56(4,5)6)53-38-47(37-52(61)54(53)59)60(43-19-15-13-16-20-43)44-21-17-14-18-22-44/h13-38H,1-12H3/i13D,14D,15D,16D,17D,18D,19D,20D,21D,22D,23D,24D,25D,26D,27D,28D,29D,30D,31D,32D,33D,34D. The Labute approximate surface area is 403 Å². The van der Waals surface area contributed by atoms with Crippen LogP contribution in [-0.2, 0) is 21.7 Å². The smallest absolute Gasteiger partial charge is 0.252 e. The molecule has 4 heteroatoms. The monoisotopic (exact) mass is 834 g/mol. The van der Waals surface area contributed by atoms with Crippen molar-refractivity contribution in [2.24, 2.45) is 0 Å². The van der Waals surface area contributed by atoms with Gasteiger partial charge in [0.05, 0.1) is 35.8 Å². The van der Waals surface area contributed by atoms with Crippen molar-refractivity contribution in [3.8, 4) is 0 Å². The lowest BCUT2D eigenvalue weighted by Crippen LogP contribution is -2.61. The first-order valence-electron chi connectivity index (χ1n) is 31.7. The van der Waals surface area contributed by atoms with Gasteiger partial charge >= 0.3 is 0 Å². The molecule has 2 heterocycles. The Balaban J connectivity index is 1.67. The van der Waals surface area contributed by atoms with Crippen molar-refractivity contribution in [3.63, 3.8) is 0 Å². The van der Waals surface area contributed by atoms with E-state index in [0.29, 0.717) is 11.1 Å². The van der Waals surface area contributed by atoms with Gasteiger partial charge in [0.25, 0.3) is 6.71 Å². The van der Waals surface area contributed by atoms with Crippen molar-refractivity contribution >= 4 is 74.3 Å². The molecular formula is C58H62BN3. The highest BCUT2D eigenvalue weighted by molar-refractivity contribution is 7.00. The van der Waals surface area contributed by atoms with Gasteiger partial charge in [-0.1, -0.05) is 168 Å². The van der Waals surface area contributed by atoms with Crippen molar-refractivity contribution in [1.82, 2.24) is 0 Å². The largest absolute Gasteiger partial charge is 0.311 e. The molecule has 0 amide bonds. The SMILES string of the molecule is [2H]c1c(C(C)(C)C)cc2c(c1[2H])N(c1c([2H])c([2H])c(C(C)(C)C)c([2H])c1[2H])c1cc(N(c3c([2H])c([2H])c([2H])c([2H])c3[2H])c3c([2H])c([2H])c([2H])c([2H])c3[2H])cc3c1B2c1cc(C(C)(C)C)c([2H])c([2H])c1N3c1c([2H])c([2H])c(C(C)(C)C)c([2H])c1[2H]. The van der Waals surface area contributed by atoms with Gasteiger partial charge in [0, 0.05) is 45.5 Å². The molecule has 7 aromatic rings. The molecule has 0 radical (unpaired) electrons. The Morgan fingerprint density at radius 1 is 0.371 bits per heavy atom. The van der Waals surface area contributed by atoms with Crippen LogP contribution in [0.15, 0.2) is 157 Å². The highest BCUT2D eigenvalue weighted by Gasteiger charge is 2.45. The number of rotatable bonds is 5. The van der Waals surface area contributed by atoms with Gasteiger partial charge < -0.3 is 14.7 Å². The summed E-state index contributed by atoms with van der Waals surface area (Å²) in [4.78, 5) is 3.36. The topological polar surface area (TPSA) is 9.72 Å². The molecule has 0 spiro atoms. The van der Waals surface area contributed by atoms with E-state index in [1.165, 1.54) is 21.9 Å². The third-order valence-electron chi connectivity index (χ3n) is 11.2. The lowest BCUT2D eigenvalue weighted by atomic mass is 9.33. The predicted molar refractivity (Wildman–Crippen MR) is 270 cm³/mol. The van der Waals surface area contributed by atoms with E-state index >= 15 is 0 Å². The number of nitrogens with zero attached hydrogens (tertiary/aromatic N) is 3. The predicted octanol–water partition coefficient (Wildman–Crippen LogP) is 14.4. The maximum atomic E-state index is 10.2. The van der Waals surface area contributed by atoms with Crippen LogP contribution in [0.25, 0.3) is 0 Å². The summed E-state index contributed by atoms with van der Waals surface area (Å²) in [5.41, 5.74) is -5.85. The van der Waals surface area contributed by atoms with Crippen molar-refractivity contribution in [2.75, 3.05) is 14.7 Å². The molecule has 62 heavy (non-hydrogen) atoms. The van der Waals surface area contributed by atoms with E-state index in [-0.39, 0.29) is 62.3 Å². The fourth-order valence-electron chi connectivity index (χ4n) is 7.79. The van der Waals surface area contributed by atoms with Gasteiger partial charge in [0.15, 0.2) is 0 Å². The molecule has 0 aromatic heterocycles. The Hall–Kier alpha value is -6.00. The van der Waals surface area contributed by atoms with Gasteiger partial charge in [-0.05, 0) is 133 Å². The lowest BCUT2D eigenvalue weighted by molar-refractivity contribution is 0.590. The van der Waals surface area contributed by atoms with Crippen molar-refractivity contribution in [3.05, 3.63) is 179 Å². The maximum absolute atomic E-state index is 10.2. The van der Waals surface area contributed by atoms with Crippen LogP contribution in [0.1, 0.15) is 135 Å². The fraction of sp³-hybridized carbons (Fsp3) is 0.276. The van der Waals surface area contributed by atoms with Crippen molar-refractivity contribution in [1.29, 1.82) is 0 Å². The molecule has 0 saturated carbocycles. The zero-order valence-electron chi connectivity index (χ0n) is 59.2. The molecule has 3 nitrogen and oxygen atoms in total. The summed E-state index contributed by atoms with van der Waals surface area (Å²) in [6.07, 6.45) is 0. The van der Waals surface area contributed by atoms with Crippen LogP contribution in [0.2, 0.25) is 0 Å². The van der Waals surface area contributed by atoms with E-state index in [1.54, 1.807) is 53.7 Å². The summed E-state index contributed by atoms with van der Waals surface area (Å²) < 4.78 is 209. The number of anilines is 9. The molecule has 2 aliphatic rings. The Bertz CT molecular complexity index is 3710. The highest BCUT2D eigenvalue weighted by atomic mass is 15.2. The average Bonchev–Trinajstić information content (AvgIpc) is 0.720. The van der Waals surface area contributed by atoms with Gasteiger partial charge in [0.1, 0.15) is 0 Å². The maximum Gasteiger partial charge on any atom is 0.252 e. The fourth-order valence-corrected chi connectivity index (χ4v) is 7.79. The van der Waals surface area contributed by atoms with Gasteiger partial charge in [-0.3, -0.25) is 0 Å². The van der Waals surface area contributed by atoms with Gasteiger partial charge in [-0.25, -0.2) is 0 Å². The van der Waals surface area contributed by atoms with Crippen molar-refractivity contribution in [2.45, 2.75) is 105 Å². The Kier molecular flexibility index (Phi) is 5.48. The molecule has 0 atom stereocenters. The number of benzene rings is 7. The van der Waals surface area contributed by atoms with Crippen molar-refractivity contribution < 1.29 is 30.2 Å². The molecule has 7 aromatic carbocycles. The number of fused-ring (bicyclic) bond motifs is 4. The van der Waals surface area contributed by atoms with Crippen LogP contribution in [0.3, 0.4) is 0 Å². The number of hydrogen-bond acceptors (Lipinski definition) is 3. The van der Waals surface area contributed by atoms with E-state index < -0.39 is 178 Å². The third-order valence-corrected chi connectivity index (χ3v) is 11.2. The summed E-state index contributed by atoms with van der Waals surface area (Å²) in [5.74, 6) is 0. The summed E-state index contributed by atoms with van der Waals surface area (Å²) >= 11 is 0. The lowest BCUT2D eigenvalue weighted by Gasteiger charge is -2.45. The first-order valence-corrected chi connectivity index (χ1v) is 20.7.